The van der Waals surface area contributed by atoms with Crippen molar-refractivity contribution in [3.63, 3.8) is 0 Å². The van der Waals surface area contributed by atoms with Gasteiger partial charge in [0.1, 0.15) is 11.6 Å². The van der Waals surface area contributed by atoms with Gasteiger partial charge in [-0.15, -0.1) is 0 Å². The van der Waals surface area contributed by atoms with Crippen molar-refractivity contribution in [2.45, 2.75) is 31.7 Å². The van der Waals surface area contributed by atoms with E-state index in [-0.39, 0.29) is 5.82 Å². The summed E-state index contributed by atoms with van der Waals surface area (Å²) in [6.45, 7) is 2.58. The van der Waals surface area contributed by atoms with Gasteiger partial charge in [-0.2, -0.15) is 5.10 Å². The first kappa shape index (κ1) is 20.8. The summed E-state index contributed by atoms with van der Waals surface area (Å²) in [5.74, 6) is 1.18. The van der Waals surface area contributed by atoms with E-state index in [1.807, 2.05) is 25.4 Å². The molecule has 0 radical (unpaired) electrons. The molecule has 1 aliphatic rings. The Morgan fingerprint density at radius 2 is 1.97 bits per heavy atom. The molecule has 0 unspecified atom stereocenters. The first-order valence-corrected chi connectivity index (χ1v) is 10.7. The monoisotopic (exact) mass is 411 g/mol. The molecule has 0 atom stereocenters. The molecule has 1 aliphatic carbocycles. The van der Waals surface area contributed by atoms with E-state index < -0.39 is 0 Å². The summed E-state index contributed by atoms with van der Waals surface area (Å²) in [6, 6.07) is 6.09. The van der Waals surface area contributed by atoms with Gasteiger partial charge >= 0.3 is 0 Å². The van der Waals surface area contributed by atoms with Crippen LogP contribution in [0.5, 0.6) is 0 Å². The first-order valence-electron chi connectivity index (χ1n) is 10.7. The SMILES string of the molecule is COCCNC1CCC(CNc2cc3cc(-c4cnn(C)c4)cc(F)c3cn2)CC1. The van der Waals surface area contributed by atoms with Crippen molar-refractivity contribution >= 4 is 16.6 Å². The lowest BCUT2D eigenvalue weighted by molar-refractivity contribution is 0.189. The van der Waals surface area contributed by atoms with Crippen molar-refractivity contribution in [2.24, 2.45) is 13.0 Å². The van der Waals surface area contributed by atoms with Gasteiger partial charge in [0, 0.05) is 56.6 Å². The van der Waals surface area contributed by atoms with Crippen LogP contribution in [0, 0.1) is 11.7 Å². The van der Waals surface area contributed by atoms with E-state index >= 15 is 0 Å². The topological polar surface area (TPSA) is 64.0 Å². The summed E-state index contributed by atoms with van der Waals surface area (Å²) in [6.07, 6.45) is 10.1. The van der Waals surface area contributed by atoms with Gasteiger partial charge in [0.15, 0.2) is 0 Å². The number of hydrogen-bond acceptors (Lipinski definition) is 5. The van der Waals surface area contributed by atoms with Crippen molar-refractivity contribution in [3.05, 3.63) is 42.6 Å². The van der Waals surface area contributed by atoms with Crippen LogP contribution in [0.2, 0.25) is 0 Å². The number of benzene rings is 1. The zero-order chi connectivity index (χ0) is 20.9. The zero-order valence-corrected chi connectivity index (χ0v) is 17.7. The third-order valence-corrected chi connectivity index (χ3v) is 5.98. The number of methoxy groups -OCH3 is 1. The van der Waals surface area contributed by atoms with Crippen LogP contribution >= 0.6 is 0 Å². The highest BCUT2D eigenvalue weighted by Crippen LogP contribution is 2.28. The van der Waals surface area contributed by atoms with Gasteiger partial charge in [-0.05, 0) is 60.7 Å². The quantitative estimate of drug-likeness (QED) is 0.549. The molecule has 7 heteroatoms. The van der Waals surface area contributed by atoms with E-state index in [4.69, 9.17) is 4.74 Å². The molecule has 6 nitrogen and oxygen atoms in total. The summed E-state index contributed by atoms with van der Waals surface area (Å²) >= 11 is 0. The van der Waals surface area contributed by atoms with Crippen LogP contribution in [0.3, 0.4) is 0 Å². The fourth-order valence-electron chi connectivity index (χ4n) is 4.23. The molecule has 1 aromatic carbocycles. The predicted molar refractivity (Wildman–Crippen MR) is 118 cm³/mol. The van der Waals surface area contributed by atoms with E-state index in [9.17, 15) is 4.39 Å². The van der Waals surface area contributed by atoms with Crippen molar-refractivity contribution in [3.8, 4) is 11.1 Å². The van der Waals surface area contributed by atoms with Crippen LogP contribution < -0.4 is 10.6 Å². The maximum Gasteiger partial charge on any atom is 0.133 e. The summed E-state index contributed by atoms with van der Waals surface area (Å²) in [5, 5.41) is 12.6. The van der Waals surface area contributed by atoms with Crippen molar-refractivity contribution < 1.29 is 9.13 Å². The smallest absolute Gasteiger partial charge is 0.133 e. The number of ether oxygens (including phenoxy) is 1. The van der Waals surface area contributed by atoms with Crippen LogP contribution in [-0.2, 0) is 11.8 Å². The number of hydrogen-bond donors (Lipinski definition) is 2. The van der Waals surface area contributed by atoms with Crippen LogP contribution in [0.1, 0.15) is 25.7 Å². The van der Waals surface area contributed by atoms with Crippen LogP contribution in [0.4, 0.5) is 10.2 Å². The Morgan fingerprint density at radius 3 is 2.70 bits per heavy atom. The van der Waals surface area contributed by atoms with Gasteiger partial charge in [0.05, 0.1) is 12.8 Å². The lowest BCUT2D eigenvalue weighted by atomic mass is 9.86. The number of aryl methyl sites for hydroxylation is 1. The highest BCUT2D eigenvalue weighted by molar-refractivity contribution is 5.88. The molecular formula is C23H30FN5O. The second-order valence-corrected chi connectivity index (χ2v) is 8.20. The van der Waals surface area contributed by atoms with Gasteiger partial charge in [-0.1, -0.05) is 0 Å². The Kier molecular flexibility index (Phi) is 6.59. The lowest BCUT2D eigenvalue weighted by Crippen LogP contribution is -2.36. The Balaban J connectivity index is 1.38. The van der Waals surface area contributed by atoms with Gasteiger partial charge in [-0.3, -0.25) is 4.68 Å². The third-order valence-electron chi connectivity index (χ3n) is 5.98. The lowest BCUT2D eigenvalue weighted by Gasteiger charge is -2.29. The standard InChI is InChI=1S/C23H30FN5O/c1-29-15-19(13-28-29)17-9-18-11-23(27-14-21(18)22(24)10-17)26-12-16-3-5-20(6-4-16)25-7-8-30-2/h9-11,13-16,20,25H,3-8,12H2,1-2H3,(H,26,27). The average Bonchev–Trinajstić information content (AvgIpc) is 3.19. The molecular weight excluding hydrogens is 381 g/mol. The number of halogens is 1. The normalized spacial score (nSPS) is 19.3. The van der Waals surface area contributed by atoms with Crippen LogP contribution in [-0.4, -0.2) is 47.6 Å². The van der Waals surface area contributed by atoms with Crippen LogP contribution in [0.15, 0.2) is 36.8 Å². The van der Waals surface area contributed by atoms with Gasteiger partial charge in [-0.25, -0.2) is 9.37 Å². The van der Waals surface area contributed by atoms with E-state index in [0.717, 1.165) is 42.0 Å². The second-order valence-electron chi connectivity index (χ2n) is 8.20. The number of anilines is 1. The molecule has 1 fully saturated rings. The molecule has 1 saturated carbocycles. The van der Waals surface area contributed by atoms with Gasteiger partial charge in [0.25, 0.3) is 0 Å². The van der Waals surface area contributed by atoms with Gasteiger partial charge < -0.3 is 15.4 Å². The molecule has 2 aromatic heterocycles. The van der Waals surface area contributed by atoms with E-state index in [0.29, 0.717) is 17.3 Å². The Labute approximate surface area is 176 Å². The molecule has 2 N–H and O–H groups in total. The summed E-state index contributed by atoms with van der Waals surface area (Å²) in [4.78, 5) is 4.43. The molecule has 0 amide bonds. The molecule has 30 heavy (non-hydrogen) atoms. The number of pyridine rings is 1. The highest BCUT2D eigenvalue weighted by atomic mass is 19.1. The predicted octanol–water partition coefficient (Wildman–Crippen LogP) is 3.98. The fraction of sp³-hybridized carbons (Fsp3) is 0.478. The highest BCUT2D eigenvalue weighted by Gasteiger charge is 2.20. The van der Waals surface area contributed by atoms with Gasteiger partial charge in [0.2, 0.25) is 0 Å². The number of nitrogens with one attached hydrogen (secondary N) is 2. The van der Waals surface area contributed by atoms with E-state index in [1.165, 1.54) is 25.7 Å². The average molecular weight is 412 g/mol. The number of aromatic nitrogens is 3. The second kappa shape index (κ2) is 9.53. The summed E-state index contributed by atoms with van der Waals surface area (Å²) < 4.78 is 21.4. The largest absolute Gasteiger partial charge is 0.383 e. The summed E-state index contributed by atoms with van der Waals surface area (Å²) in [5.41, 5.74) is 1.73. The minimum atomic E-state index is -0.260. The molecule has 3 aromatic rings. The maximum atomic E-state index is 14.6. The van der Waals surface area contributed by atoms with E-state index in [2.05, 4.69) is 20.7 Å². The van der Waals surface area contributed by atoms with E-state index in [1.54, 1.807) is 30.3 Å². The summed E-state index contributed by atoms with van der Waals surface area (Å²) in [7, 11) is 3.59. The molecule has 4 rings (SSSR count). The molecule has 0 bridgehead atoms. The molecule has 0 saturated heterocycles. The number of rotatable bonds is 8. The molecule has 160 valence electrons. The van der Waals surface area contributed by atoms with Crippen molar-refractivity contribution in [1.82, 2.24) is 20.1 Å². The molecule has 0 spiro atoms. The third kappa shape index (κ3) is 4.96. The molecule has 0 aliphatic heterocycles. The van der Waals surface area contributed by atoms with Crippen molar-refractivity contribution in [2.75, 3.05) is 32.1 Å². The van der Waals surface area contributed by atoms with Crippen molar-refractivity contribution in [1.29, 1.82) is 0 Å². The first-order chi connectivity index (χ1) is 14.6. The van der Waals surface area contributed by atoms with Crippen LogP contribution in [0.25, 0.3) is 21.9 Å². The minimum Gasteiger partial charge on any atom is -0.383 e. The Hall–Kier alpha value is -2.51. The maximum absolute atomic E-state index is 14.6. The fourth-order valence-corrected chi connectivity index (χ4v) is 4.23. The minimum absolute atomic E-state index is 0.260. The molecule has 2 heterocycles. The Bertz CT molecular complexity index is 981. The number of nitrogens with zero attached hydrogens (tertiary/aromatic N) is 3. The number of fused-ring (bicyclic) bond motifs is 1. The zero-order valence-electron chi connectivity index (χ0n) is 17.7. The Morgan fingerprint density at radius 1 is 1.13 bits per heavy atom.